The number of benzene rings is 1. The summed E-state index contributed by atoms with van der Waals surface area (Å²) in [5.74, 6) is 0. The van der Waals surface area contributed by atoms with Crippen LogP contribution >= 0.6 is 0 Å². The zero-order valence-electron chi connectivity index (χ0n) is 14.5. The van der Waals surface area contributed by atoms with E-state index in [9.17, 15) is 14.8 Å². The number of hydrogen-bond acceptors (Lipinski definition) is 6. The van der Waals surface area contributed by atoms with Crippen LogP contribution in [0.4, 0.5) is 10.5 Å². The maximum absolute atomic E-state index is 12.1. The molecule has 2 rings (SSSR count). The first-order valence-electron chi connectivity index (χ1n) is 8.10. The fraction of sp³-hybridized carbons (Fsp3) is 0.562. The van der Waals surface area contributed by atoms with Gasteiger partial charge in [-0.05, 0) is 43.9 Å². The zero-order chi connectivity index (χ0) is 17.9. The molecule has 132 valence electrons. The molecule has 24 heavy (non-hydrogen) atoms. The fourth-order valence-corrected chi connectivity index (χ4v) is 2.66. The quantitative estimate of drug-likeness (QED) is 0.531. The molecule has 0 aliphatic carbocycles. The Morgan fingerprint density at radius 3 is 2.38 bits per heavy atom. The van der Waals surface area contributed by atoms with E-state index in [4.69, 9.17) is 10.5 Å². The highest BCUT2D eigenvalue weighted by Crippen LogP contribution is 2.14. The largest absolute Gasteiger partial charge is 0.488 e. The van der Waals surface area contributed by atoms with E-state index in [1.165, 1.54) is 0 Å². The molecule has 1 heterocycles. The molecule has 1 aromatic carbocycles. The molecule has 4 N–H and O–H groups in total. The van der Waals surface area contributed by atoms with E-state index in [1.54, 1.807) is 17.0 Å². The van der Waals surface area contributed by atoms with Gasteiger partial charge in [0, 0.05) is 38.4 Å². The molecule has 1 aliphatic rings. The Morgan fingerprint density at radius 2 is 1.83 bits per heavy atom. The van der Waals surface area contributed by atoms with Crippen molar-refractivity contribution in [1.29, 1.82) is 0 Å². The van der Waals surface area contributed by atoms with Gasteiger partial charge >= 0.3 is 13.2 Å². The molecule has 0 radical (unpaired) electrons. The van der Waals surface area contributed by atoms with Gasteiger partial charge in [-0.3, -0.25) is 4.90 Å². The van der Waals surface area contributed by atoms with Crippen molar-refractivity contribution in [3.8, 4) is 0 Å². The standard InChI is InChI=1S/C16H26BN3O4/c1-16(2,3)24-15(21)20-6-4-19(5-7-20)11-12-8-13(17(22)23)10-14(18)9-12/h8-10,22-23H,4-7,11,18H2,1-3H3. The van der Waals surface area contributed by atoms with Crippen molar-refractivity contribution in [2.24, 2.45) is 0 Å². The number of hydrogen-bond donors (Lipinski definition) is 3. The molecule has 0 saturated carbocycles. The Hall–Kier alpha value is -1.77. The molecule has 0 spiro atoms. The molecule has 0 aromatic heterocycles. The molecule has 1 aliphatic heterocycles. The highest BCUT2D eigenvalue weighted by molar-refractivity contribution is 6.58. The van der Waals surface area contributed by atoms with Gasteiger partial charge < -0.3 is 25.4 Å². The van der Waals surface area contributed by atoms with Crippen LogP contribution in [0.25, 0.3) is 0 Å². The first kappa shape index (κ1) is 18.6. The SMILES string of the molecule is CC(C)(C)OC(=O)N1CCN(Cc2cc(N)cc(B(O)O)c2)CC1. The first-order chi connectivity index (χ1) is 11.1. The number of ether oxygens (including phenoxy) is 1. The van der Waals surface area contributed by atoms with Crippen LogP contribution in [-0.4, -0.2) is 64.8 Å². The van der Waals surface area contributed by atoms with Crippen molar-refractivity contribution in [3.63, 3.8) is 0 Å². The third-order valence-corrected chi connectivity index (χ3v) is 3.77. The lowest BCUT2D eigenvalue weighted by atomic mass is 9.79. The summed E-state index contributed by atoms with van der Waals surface area (Å²) in [6.45, 7) is 8.87. The average Bonchev–Trinajstić information content (AvgIpc) is 2.45. The maximum atomic E-state index is 12.1. The lowest BCUT2D eigenvalue weighted by Crippen LogP contribution is -2.49. The maximum Gasteiger partial charge on any atom is 0.488 e. The molecule has 0 unspecified atom stereocenters. The second-order valence-corrected chi connectivity index (χ2v) is 7.13. The summed E-state index contributed by atoms with van der Waals surface area (Å²) in [6, 6.07) is 5.11. The summed E-state index contributed by atoms with van der Waals surface area (Å²) in [6.07, 6.45) is -0.281. The van der Waals surface area contributed by atoms with Gasteiger partial charge in [0.1, 0.15) is 5.60 Å². The highest BCUT2D eigenvalue weighted by atomic mass is 16.6. The molecule has 7 nitrogen and oxygen atoms in total. The fourth-order valence-electron chi connectivity index (χ4n) is 2.66. The van der Waals surface area contributed by atoms with Gasteiger partial charge in [-0.1, -0.05) is 6.07 Å². The van der Waals surface area contributed by atoms with Crippen LogP contribution in [0, 0.1) is 0 Å². The summed E-state index contributed by atoms with van der Waals surface area (Å²) in [7, 11) is -1.53. The first-order valence-corrected chi connectivity index (χ1v) is 8.10. The van der Waals surface area contributed by atoms with Gasteiger partial charge in [0.15, 0.2) is 0 Å². The van der Waals surface area contributed by atoms with Crippen LogP contribution in [0.3, 0.4) is 0 Å². The van der Waals surface area contributed by atoms with E-state index in [0.29, 0.717) is 30.8 Å². The van der Waals surface area contributed by atoms with Crippen molar-refractivity contribution in [2.45, 2.75) is 32.9 Å². The summed E-state index contributed by atoms with van der Waals surface area (Å²) in [5, 5.41) is 18.6. The minimum Gasteiger partial charge on any atom is -0.444 e. The van der Waals surface area contributed by atoms with E-state index < -0.39 is 12.7 Å². The zero-order valence-corrected chi connectivity index (χ0v) is 14.5. The number of carbonyl (C=O) groups is 1. The Balaban J connectivity index is 1.90. The molecule has 8 heteroatoms. The van der Waals surface area contributed by atoms with E-state index in [-0.39, 0.29) is 6.09 Å². The van der Waals surface area contributed by atoms with Crippen LogP contribution in [-0.2, 0) is 11.3 Å². The molecule has 1 fully saturated rings. The van der Waals surface area contributed by atoms with Crippen molar-refractivity contribution < 1.29 is 19.6 Å². The van der Waals surface area contributed by atoms with E-state index in [0.717, 1.165) is 18.7 Å². The average molecular weight is 335 g/mol. The van der Waals surface area contributed by atoms with Crippen molar-refractivity contribution in [1.82, 2.24) is 9.80 Å². The van der Waals surface area contributed by atoms with E-state index in [1.807, 2.05) is 26.8 Å². The number of nitrogens with two attached hydrogens (primary N) is 1. The Kier molecular flexibility index (Phi) is 5.74. The highest BCUT2D eigenvalue weighted by Gasteiger charge is 2.26. The molecule has 1 aromatic rings. The van der Waals surface area contributed by atoms with Gasteiger partial charge in [-0.25, -0.2) is 4.79 Å². The van der Waals surface area contributed by atoms with Gasteiger partial charge in [0.05, 0.1) is 0 Å². The number of nitrogen functional groups attached to an aromatic ring is 1. The van der Waals surface area contributed by atoms with Crippen LogP contribution in [0.1, 0.15) is 26.3 Å². The molecule has 0 bridgehead atoms. The third-order valence-electron chi connectivity index (χ3n) is 3.77. The molecular weight excluding hydrogens is 309 g/mol. The Bertz CT molecular complexity index is 581. The van der Waals surface area contributed by atoms with Crippen LogP contribution in [0.2, 0.25) is 0 Å². The topological polar surface area (TPSA) is 99.3 Å². The van der Waals surface area contributed by atoms with Gasteiger partial charge in [-0.2, -0.15) is 0 Å². The molecule has 0 atom stereocenters. The predicted molar refractivity (Wildman–Crippen MR) is 93.8 cm³/mol. The number of nitrogens with zero attached hydrogens (tertiary/aromatic N) is 2. The molecule has 1 saturated heterocycles. The van der Waals surface area contributed by atoms with Crippen LogP contribution < -0.4 is 11.2 Å². The minimum absolute atomic E-state index is 0.281. The number of anilines is 1. The molecule has 1 amide bonds. The smallest absolute Gasteiger partial charge is 0.444 e. The normalized spacial score (nSPS) is 16.1. The lowest BCUT2D eigenvalue weighted by molar-refractivity contribution is 0.0139. The van der Waals surface area contributed by atoms with Gasteiger partial charge in [-0.15, -0.1) is 0 Å². The predicted octanol–water partition coefficient (Wildman–Crippen LogP) is 0.00130. The van der Waals surface area contributed by atoms with Crippen molar-refractivity contribution in [2.75, 3.05) is 31.9 Å². The monoisotopic (exact) mass is 335 g/mol. The van der Waals surface area contributed by atoms with Crippen LogP contribution in [0.5, 0.6) is 0 Å². The van der Waals surface area contributed by atoms with Crippen molar-refractivity contribution in [3.05, 3.63) is 23.8 Å². The number of amides is 1. The third kappa shape index (κ3) is 5.40. The Labute approximate surface area is 143 Å². The second kappa shape index (κ2) is 7.42. The molecular formula is C16H26BN3O4. The van der Waals surface area contributed by atoms with E-state index in [2.05, 4.69) is 4.90 Å². The number of piperazine rings is 1. The summed E-state index contributed by atoms with van der Waals surface area (Å²) in [4.78, 5) is 16.0. The summed E-state index contributed by atoms with van der Waals surface area (Å²) < 4.78 is 5.38. The number of rotatable bonds is 3. The Morgan fingerprint density at radius 1 is 1.21 bits per heavy atom. The lowest BCUT2D eigenvalue weighted by Gasteiger charge is -2.35. The van der Waals surface area contributed by atoms with Gasteiger partial charge in [0.25, 0.3) is 0 Å². The summed E-state index contributed by atoms with van der Waals surface area (Å²) in [5.41, 5.74) is 7.13. The minimum atomic E-state index is -1.53. The second-order valence-electron chi connectivity index (χ2n) is 7.13. The van der Waals surface area contributed by atoms with Crippen molar-refractivity contribution >= 4 is 24.4 Å². The summed E-state index contributed by atoms with van der Waals surface area (Å²) >= 11 is 0. The van der Waals surface area contributed by atoms with E-state index >= 15 is 0 Å². The number of carbonyl (C=O) groups excluding carboxylic acids is 1. The van der Waals surface area contributed by atoms with Gasteiger partial charge in [0.2, 0.25) is 0 Å². The van der Waals surface area contributed by atoms with Crippen LogP contribution in [0.15, 0.2) is 18.2 Å².